The Morgan fingerprint density at radius 1 is 1.39 bits per heavy atom. The van der Waals surface area contributed by atoms with E-state index in [9.17, 15) is 4.79 Å². The van der Waals surface area contributed by atoms with Crippen molar-refractivity contribution in [2.45, 2.75) is 20.3 Å². The number of aromatic nitrogens is 1. The molecular weight excluding hydrogens is 301 g/mol. The van der Waals surface area contributed by atoms with E-state index in [1.165, 1.54) is 0 Å². The van der Waals surface area contributed by atoms with Gasteiger partial charge in [0, 0.05) is 37.0 Å². The first-order valence-electron chi connectivity index (χ1n) is 7.59. The van der Waals surface area contributed by atoms with Crippen molar-refractivity contribution >= 4 is 24.7 Å². The molecule has 23 heavy (non-hydrogen) atoms. The summed E-state index contributed by atoms with van der Waals surface area (Å²) in [6.45, 7) is 0.128. The minimum atomic E-state index is -4.01. The van der Waals surface area contributed by atoms with Gasteiger partial charge < -0.3 is 28.6 Å². The predicted octanol–water partition coefficient (Wildman–Crippen LogP) is 1.17. The highest BCUT2D eigenvalue weighted by atomic mass is 19.2. The Morgan fingerprint density at radius 3 is 2.83 bits per heavy atom. The van der Waals surface area contributed by atoms with Gasteiger partial charge in [-0.05, 0) is 31.2 Å². The molecular formula is C15H19BF2N4O. The highest BCUT2D eigenvalue weighted by Gasteiger charge is 2.52. The molecule has 1 aromatic rings. The number of carbonyl (C=O) groups excluding carboxylic acids is 1. The van der Waals surface area contributed by atoms with E-state index in [-0.39, 0.29) is 12.3 Å². The lowest BCUT2D eigenvalue weighted by Gasteiger charge is -2.30. The second kappa shape index (κ2) is 5.45. The average molecular weight is 320 g/mol. The number of nitrogens with two attached hydrogens (primary N) is 1. The van der Waals surface area contributed by atoms with Crippen LogP contribution in [0.15, 0.2) is 23.9 Å². The first kappa shape index (κ1) is 15.7. The van der Waals surface area contributed by atoms with Gasteiger partial charge in [0.15, 0.2) is 5.70 Å². The Bertz CT molecular complexity index is 777. The van der Waals surface area contributed by atoms with Gasteiger partial charge in [-0.15, -0.1) is 0 Å². The van der Waals surface area contributed by atoms with Crippen molar-refractivity contribution in [2.24, 2.45) is 5.73 Å². The van der Waals surface area contributed by atoms with Gasteiger partial charge in [0.25, 0.3) is 0 Å². The maximum Gasteiger partial charge on any atom is 0.737 e. The second-order valence-electron chi connectivity index (χ2n) is 5.89. The van der Waals surface area contributed by atoms with Crippen LogP contribution in [-0.2, 0) is 4.79 Å². The molecule has 1 aromatic heterocycles. The SMILES string of the molecule is Cc1cc(C)n2c1C=C1C=CC(CC(=O)NCCN)=[N+]1[B-]2(F)F. The van der Waals surface area contributed by atoms with E-state index in [0.717, 1.165) is 14.5 Å². The molecule has 3 N–H and O–H groups in total. The van der Waals surface area contributed by atoms with Crippen LogP contribution in [0.4, 0.5) is 8.63 Å². The zero-order valence-corrected chi connectivity index (χ0v) is 13.1. The number of hydrogen-bond donors (Lipinski definition) is 2. The number of nitrogens with zero attached hydrogens (tertiary/aromatic N) is 2. The van der Waals surface area contributed by atoms with E-state index in [4.69, 9.17) is 5.73 Å². The molecule has 0 atom stereocenters. The lowest BCUT2D eigenvalue weighted by molar-refractivity contribution is -0.362. The van der Waals surface area contributed by atoms with Crippen LogP contribution in [0.25, 0.3) is 6.08 Å². The molecule has 0 radical (unpaired) electrons. The van der Waals surface area contributed by atoms with E-state index >= 15 is 8.63 Å². The van der Waals surface area contributed by atoms with E-state index < -0.39 is 6.97 Å². The Hall–Kier alpha value is -2.22. The largest absolute Gasteiger partial charge is 0.737 e. The number of halogens is 2. The van der Waals surface area contributed by atoms with Gasteiger partial charge >= 0.3 is 6.97 Å². The monoisotopic (exact) mass is 320 g/mol. The Labute approximate surface area is 133 Å². The Kier molecular flexibility index (Phi) is 3.71. The zero-order valence-electron chi connectivity index (χ0n) is 13.1. The summed E-state index contributed by atoms with van der Waals surface area (Å²) in [7, 11) is 0. The summed E-state index contributed by atoms with van der Waals surface area (Å²) in [5.41, 5.74) is 7.91. The van der Waals surface area contributed by atoms with Crippen molar-refractivity contribution < 1.29 is 17.9 Å². The average Bonchev–Trinajstić information content (AvgIpc) is 2.99. The third kappa shape index (κ3) is 2.43. The summed E-state index contributed by atoms with van der Waals surface area (Å²) in [6, 6.07) is 1.75. The summed E-state index contributed by atoms with van der Waals surface area (Å²) < 4.78 is 32.2. The predicted molar refractivity (Wildman–Crippen MR) is 86.3 cm³/mol. The van der Waals surface area contributed by atoms with Crippen LogP contribution in [-0.4, -0.2) is 40.6 Å². The van der Waals surface area contributed by atoms with Gasteiger partial charge in [0.05, 0.1) is 0 Å². The number of rotatable bonds is 4. The summed E-state index contributed by atoms with van der Waals surface area (Å²) in [4.78, 5) is 11.8. The molecule has 0 saturated heterocycles. The zero-order chi connectivity index (χ0) is 16.8. The highest BCUT2D eigenvalue weighted by Crippen LogP contribution is 2.34. The second-order valence-corrected chi connectivity index (χ2v) is 5.89. The van der Waals surface area contributed by atoms with Crippen molar-refractivity contribution in [2.75, 3.05) is 13.1 Å². The van der Waals surface area contributed by atoms with Crippen molar-refractivity contribution in [1.29, 1.82) is 0 Å². The standard InChI is InChI=1S/C15H19BF2N4O/c1-10-7-11(2)21-14(10)8-12-3-4-13(22(12)16(21,17)18)9-15(23)20-6-5-19/h3-4,7-8H,5-6,9,19H2,1-2H3,(H,20,23). The number of amides is 1. The first-order chi connectivity index (χ1) is 10.9. The number of aryl methyl sites for hydroxylation is 2. The Morgan fingerprint density at radius 2 is 2.13 bits per heavy atom. The Balaban J connectivity index is 2.02. The van der Waals surface area contributed by atoms with Crippen LogP contribution >= 0.6 is 0 Å². The van der Waals surface area contributed by atoms with E-state index in [1.807, 2.05) is 6.92 Å². The molecule has 5 nitrogen and oxygen atoms in total. The van der Waals surface area contributed by atoms with Gasteiger partial charge in [-0.25, -0.2) is 0 Å². The van der Waals surface area contributed by atoms with Crippen molar-refractivity contribution in [1.82, 2.24) is 9.79 Å². The molecule has 1 amide bonds. The topological polar surface area (TPSA) is 63.1 Å². The van der Waals surface area contributed by atoms with Crippen molar-refractivity contribution in [3.8, 4) is 0 Å². The fraction of sp³-hybridized carbons (Fsp3) is 0.333. The summed E-state index contributed by atoms with van der Waals surface area (Å²) >= 11 is 0. The van der Waals surface area contributed by atoms with Crippen LogP contribution in [0, 0.1) is 13.8 Å². The third-order valence-electron chi connectivity index (χ3n) is 4.22. The van der Waals surface area contributed by atoms with Gasteiger partial charge in [-0.3, -0.25) is 4.79 Å². The molecule has 8 heteroatoms. The van der Waals surface area contributed by atoms with Gasteiger partial charge in [0.1, 0.15) is 12.1 Å². The lowest BCUT2D eigenvalue weighted by atomic mass is 9.90. The number of hydrogen-bond acceptors (Lipinski definition) is 2. The molecule has 2 aliphatic rings. The van der Waals surface area contributed by atoms with Gasteiger partial charge in [-0.1, -0.05) is 0 Å². The van der Waals surface area contributed by atoms with Crippen LogP contribution in [0.3, 0.4) is 0 Å². The van der Waals surface area contributed by atoms with Crippen molar-refractivity contribution in [3.63, 3.8) is 0 Å². The first-order valence-corrected chi connectivity index (χ1v) is 7.59. The molecule has 122 valence electrons. The molecule has 0 fully saturated rings. The number of allylic oxidation sites excluding steroid dienone is 2. The molecule has 0 unspecified atom stereocenters. The van der Waals surface area contributed by atoms with E-state index in [1.54, 1.807) is 31.2 Å². The molecule has 0 aromatic carbocycles. The smallest absolute Gasteiger partial charge is 0.394 e. The molecule has 0 bridgehead atoms. The van der Waals surface area contributed by atoms with Gasteiger partial charge in [-0.2, -0.15) is 0 Å². The molecule has 0 spiro atoms. The molecule has 2 aliphatic heterocycles. The number of fused-ring (bicyclic) bond motifs is 2. The summed E-state index contributed by atoms with van der Waals surface area (Å²) in [5.74, 6) is -0.311. The number of nitrogens with one attached hydrogen (secondary N) is 1. The van der Waals surface area contributed by atoms with E-state index in [2.05, 4.69) is 5.32 Å². The van der Waals surface area contributed by atoms with E-state index in [0.29, 0.717) is 35.9 Å². The molecule has 3 rings (SSSR count). The highest BCUT2D eigenvalue weighted by molar-refractivity contribution is 6.58. The van der Waals surface area contributed by atoms with Crippen LogP contribution in [0.1, 0.15) is 23.4 Å². The fourth-order valence-electron chi connectivity index (χ4n) is 3.28. The maximum atomic E-state index is 15.1. The minimum Gasteiger partial charge on any atom is -0.394 e. The molecule has 0 saturated carbocycles. The number of carbonyl (C=O) groups is 1. The molecule has 3 heterocycles. The summed E-state index contributed by atoms with van der Waals surface area (Å²) in [6.07, 6.45) is 4.86. The lowest BCUT2D eigenvalue weighted by Crippen LogP contribution is -2.51. The van der Waals surface area contributed by atoms with Crippen LogP contribution in [0.5, 0.6) is 0 Å². The van der Waals surface area contributed by atoms with Gasteiger partial charge in [0.2, 0.25) is 5.91 Å². The maximum absolute atomic E-state index is 15.1. The minimum absolute atomic E-state index is 0.0974. The van der Waals surface area contributed by atoms with Crippen LogP contribution < -0.4 is 11.1 Å². The molecule has 0 aliphatic carbocycles. The summed E-state index contributed by atoms with van der Waals surface area (Å²) in [5, 5.41) is 2.61. The normalized spacial score (nSPS) is 17.9. The quantitative estimate of drug-likeness (QED) is 0.818. The van der Waals surface area contributed by atoms with Crippen molar-refractivity contribution in [3.05, 3.63) is 40.9 Å². The fourth-order valence-corrected chi connectivity index (χ4v) is 3.28. The van der Waals surface area contributed by atoms with Crippen LogP contribution in [0.2, 0.25) is 0 Å². The third-order valence-corrected chi connectivity index (χ3v) is 4.22.